The van der Waals surface area contributed by atoms with Crippen LogP contribution in [0.1, 0.15) is 64.9 Å². The van der Waals surface area contributed by atoms with Gasteiger partial charge in [-0.25, -0.2) is 4.79 Å². The molecule has 0 unspecified atom stereocenters. The Bertz CT molecular complexity index is 879. The van der Waals surface area contributed by atoms with Gasteiger partial charge in [-0.2, -0.15) is 0 Å². The molecule has 4 heteroatoms. The van der Waals surface area contributed by atoms with Gasteiger partial charge in [0.1, 0.15) is 11.4 Å². The SMILES string of the molecule is C=CC[C@@H](/C=C(\CCCC)N(C(=O)OC(C)(C)C)c1ccc(OC)cc1)c1ccccc1. The van der Waals surface area contributed by atoms with E-state index in [-0.39, 0.29) is 12.0 Å². The smallest absolute Gasteiger partial charge is 0.419 e. The predicted octanol–water partition coefficient (Wildman–Crippen LogP) is 7.87. The molecule has 2 aromatic carbocycles. The lowest BCUT2D eigenvalue weighted by Gasteiger charge is -2.30. The second-order valence-electron chi connectivity index (χ2n) is 8.82. The normalized spacial score (nSPS) is 12.7. The molecule has 0 aromatic heterocycles. The fourth-order valence-corrected chi connectivity index (χ4v) is 3.47. The maximum atomic E-state index is 13.4. The number of carbonyl (C=O) groups excluding carboxylic acids is 1. The molecule has 4 nitrogen and oxygen atoms in total. The van der Waals surface area contributed by atoms with Crippen molar-refractivity contribution in [1.29, 1.82) is 0 Å². The van der Waals surface area contributed by atoms with Crippen LogP contribution in [-0.2, 0) is 4.74 Å². The number of unbranched alkanes of at least 4 members (excludes halogenated alkanes) is 1. The molecule has 1 amide bonds. The summed E-state index contributed by atoms with van der Waals surface area (Å²) in [6, 6.07) is 17.9. The highest BCUT2D eigenvalue weighted by atomic mass is 16.6. The molecule has 0 N–H and O–H groups in total. The molecule has 0 heterocycles. The Morgan fingerprint density at radius 2 is 1.75 bits per heavy atom. The number of amides is 1. The first-order valence-electron chi connectivity index (χ1n) is 11.3. The van der Waals surface area contributed by atoms with Crippen LogP contribution in [0.3, 0.4) is 0 Å². The van der Waals surface area contributed by atoms with Crippen LogP contribution in [-0.4, -0.2) is 18.8 Å². The van der Waals surface area contributed by atoms with Gasteiger partial charge in [0, 0.05) is 11.6 Å². The molecular weight excluding hydrogens is 398 g/mol. The third-order valence-corrected chi connectivity index (χ3v) is 5.02. The fourth-order valence-electron chi connectivity index (χ4n) is 3.47. The van der Waals surface area contributed by atoms with Crippen molar-refractivity contribution in [1.82, 2.24) is 0 Å². The Kier molecular flexibility index (Phi) is 9.58. The summed E-state index contributed by atoms with van der Waals surface area (Å²) in [6.07, 6.45) is 7.29. The molecule has 2 rings (SSSR count). The van der Waals surface area contributed by atoms with E-state index in [1.54, 1.807) is 12.0 Å². The first kappa shape index (κ1) is 25.3. The quantitative estimate of drug-likeness (QED) is 0.356. The molecule has 0 aliphatic rings. The number of benzene rings is 2. The van der Waals surface area contributed by atoms with Gasteiger partial charge in [0.05, 0.1) is 12.8 Å². The number of anilines is 1. The Morgan fingerprint density at radius 3 is 2.28 bits per heavy atom. The number of nitrogens with zero attached hydrogens (tertiary/aromatic N) is 1. The number of hydrogen-bond acceptors (Lipinski definition) is 3. The minimum atomic E-state index is -0.600. The molecule has 0 aliphatic carbocycles. The highest BCUT2D eigenvalue weighted by Gasteiger charge is 2.27. The van der Waals surface area contributed by atoms with Crippen molar-refractivity contribution >= 4 is 11.8 Å². The van der Waals surface area contributed by atoms with Gasteiger partial charge in [0.15, 0.2) is 0 Å². The second-order valence-corrected chi connectivity index (χ2v) is 8.82. The van der Waals surface area contributed by atoms with Gasteiger partial charge < -0.3 is 9.47 Å². The molecule has 0 saturated carbocycles. The Morgan fingerprint density at radius 1 is 1.09 bits per heavy atom. The lowest BCUT2D eigenvalue weighted by atomic mass is 9.93. The van der Waals surface area contributed by atoms with E-state index in [9.17, 15) is 4.79 Å². The number of methoxy groups -OCH3 is 1. The van der Waals surface area contributed by atoms with E-state index in [1.807, 2.05) is 69.3 Å². The van der Waals surface area contributed by atoms with Crippen LogP contribution in [0.15, 0.2) is 79.0 Å². The van der Waals surface area contributed by atoms with Crippen LogP contribution in [0.5, 0.6) is 5.75 Å². The number of allylic oxidation sites excluding steroid dienone is 3. The molecule has 0 aliphatic heterocycles. The lowest BCUT2D eigenvalue weighted by molar-refractivity contribution is 0.0591. The van der Waals surface area contributed by atoms with Crippen LogP contribution in [0.2, 0.25) is 0 Å². The van der Waals surface area contributed by atoms with Gasteiger partial charge >= 0.3 is 6.09 Å². The number of rotatable bonds is 10. The van der Waals surface area contributed by atoms with Gasteiger partial charge in [0.25, 0.3) is 0 Å². The van der Waals surface area contributed by atoms with E-state index in [1.165, 1.54) is 5.56 Å². The lowest BCUT2D eigenvalue weighted by Crippen LogP contribution is -2.36. The minimum Gasteiger partial charge on any atom is -0.497 e. The summed E-state index contributed by atoms with van der Waals surface area (Å²) < 4.78 is 11.1. The maximum Gasteiger partial charge on any atom is 0.419 e. The Labute approximate surface area is 193 Å². The summed E-state index contributed by atoms with van der Waals surface area (Å²) in [4.78, 5) is 15.1. The minimum absolute atomic E-state index is 0.115. The monoisotopic (exact) mass is 435 g/mol. The summed E-state index contributed by atoms with van der Waals surface area (Å²) >= 11 is 0. The molecular formula is C28H37NO3. The van der Waals surface area contributed by atoms with Gasteiger partial charge in [-0.05, 0) is 69.9 Å². The summed E-state index contributed by atoms with van der Waals surface area (Å²) in [6.45, 7) is 11.8. The summed E-state index contributed by atoms with van der Waals surface area (Å²) in [5, 5.41) is 0. The van der Waals surface area contributed by atoms with Crippen LogP contribution >= 0.6 is 0 Å². The van der Waals surface area contributed by atoms with Gasteiger partial charge in [-0.3, -0.25) is 4.90 Å². The topological polar surface area (TPSA) is 38.8 Å². The number of hydrogen-bond donors (Lipinski definition) is 0. The molecule has 1 atom stereocenters. The fraction of sp³-hybridized carbons (Fsp3) is 0.393. The zero-order valence-electron chi connectivity index (χ0n) is 20.1. The molecule has 0 spiro atoms. The summed E-state index contributed by atoms with van der Waals surface area (Å²) in [7, 11) is 1.63. The summed E-state index contributed by atoms with van der Waals surface area (Å²) in [5.41, 5.74) is 2.28. The second kappa shape index (κ2) is 12.1. The third kappa shape index (κ3) is 7.60. The zero-order valence-corrected chi connectivity index (χ0v) is 20.1. The molecule has 0 fully saturated rings. The first-order chi connectivity index (χ1) is 15.3. The van der Waals surface area contributed by atoms with Crippen LogP contribution in [0.4, 0.5) is 10.5 Å². The van der Waals surface area contributed by atoms with E-state index < -0.39 is 5.60 Å². The van der Waals surface area contributed by atoms with Crippen molar-refractivity contribution in [2.75, 3.05) is 12.0 Å². The standard InChI is InChI=1S/C28H37NO3/c1-7-9-16-25(21-23(13-8-2)22-14-11-10-12-15-22)29(27(30)32-28(3,4)5)24-17-19-26(31-6)20-18-24/h8,10-12,14-15,17-21,23H,2,7,9,13,16H2,1,3-6H3/b25-21+/t23-/m0/s1. The highest BCUT2D eigenvalue weighted by Crippen LogP contribution is 2.31. The average Bonchev–Trinajstić information content (AvgIpc) is 2.77. The van der Waals surface area contributed by atoms with Crippen molar-refractivity contribution in [3.8, 4) is 5.75 Å². The molecule has 32 heavy (non-hydrogen) atoms. The van der Waals surface area contributed by atoms with Crippen molar-refractivity contribution in [3.63, 3.8) is 0 Å². The predicted molar refractivity (Wildman–Crippen MR) is 133 cm³/mol. The summed E-state index contributed by atoms with van der Waals surface area (Å²) in [5.74, 6) is 0.856. The van der Waals surface area contributed by atoms with E-state index in [4.69, 9.17) is 9.47 Å². The van der Waals surface area contributed by atoms with Crippen molar-refractivity contribution in [2.45, 2.75) is 64.9 Å². The van der Waals surface area contributed by atoms with Crippen molar-refractivity contribution in [2.24, 2.45) is 0 Å². The molecule has 2 aromatic rings. The van der Waals surface area contributed by atoms with Crippen LogP contribution in [0.25, 0.3) is 0 Å². The Hall–Kier alpha value is -3.01. The average molecular weight is 436 g/mol. The van der Waals surface area contributed by atoms with Gasteiger partial charge in [-0.1, -0.05) is 55.8 Å². The number of carbonyl (C=O) groups is 1. The largest absolute Gasteiger partial charge is 0.497 e. The number of ether oxygens (including phenoxy) is 2. The van der Waals surface area contributed by atoms with Crippen LogP contribution < -0.4 is 9.64 Å². The van der Waals surface area contributed by atoms with Gasteiger partial charge in [-0.15, -0.1) is 6.58 Å². The van der Waals surface area contributed by atoms with E-state index in [0.29, 0.717) is 0 Å². The van der Waals surface area contributed by atoms with Crippen molar-refractivity contribution in [3.05, 3.63) is 84.6 Å². The molecule has 0 saturated heterocycles. The third-order valence-electron chi connectivity index (χ3n) is 5.02. The van der Waals surface area contributed by atoms with E-state index in [0.717, 1.165) is 42.8 Å². The van der Waals surface area contributed by atoms with Crippen LogP contribution in [0, 0.1) is 0 Å². The van der Waals surface area contributed by atoms with Crippen molar-refractivity contribution < 1.29 is 14.3 Å². The Balaban J connectivity index is 2.58. The van der Waals surface area contributed by atoms with E-state index in [2.05, 4.69) is 31.7 Å². The highest BCUT2D eigenvalue weighted by molar-refractivity contribution is 5.91. The zero-order chi connectivity index (χ0) is 23.6. The first-order valence-corrected chi connectivity index (χ1v) is 11.3. The molecule has 0 bridgehead atoms. The van der Waals surface area contributed by atoms with E-state index >= 15 is 0 Å². The maximum absolute atomic E-state index is 13.4. The molecule has 0 radical (unpaired) electrons. The van der Waals surface area contributed by atoms with Gasteiger partial charge in [0.2, 0.25) is 0 Å². The molecule has 172 valence electrons.